The third kappa shape index (κ3) is 3.83. The van der Waals surface area contributed by atoms with E-state index in [4.69, 9.17) is 0 Å². The first kappa shape index (κ1) is 18.6. The van der Waals surface area contributed by atoms with Crippen molar-refractivity contribution in [3.63, 3.8) is 0 Å². The molecule has 0 aliphatic heterocycles. The van der Waals surface area contributed by atoms with Gasteiger partial charge in [0.15, 0.2) is 0 Å². The van der Waals surface area contributed by atoms with Gasteiger partial charge in [-0.3, -0.25) is 9.36 Å². The van der Waals surface area contributed by atoms with Crippen LogP contribution in [0.4, 0.5) is 13.2 Å². The van der Waals surface area contributed by atoms with Gasteiger partial charge in [0, 0.05) is 7.14 Å². The Hall–Kier alpha value is -1.17. The highest BCUT2D eigenvalue weighted by atomic mass is 127. The molecule has 2 aromatic carbocycles. The normalized spacial score (nSPS) is 11.9. The van der Waals surface area contributed by atoms with E-state index in [2.05, 4.69) is 50.2 Å². The average Bonchev–Trinajstić information content (AvgIpc) is 2.52. The molecule has 0 saturated heterocycles. The number of aryl methyl sites for hydroxylation is 1. The summed E-state index contributed by atoms with van der Waals surface area (Å²) in [5.74, 6) is 0.467. The first-order chi connectivity index (χ1) is 11.7. The van der Waals surface area contributed by atoms with Crippen LogP contribution in [0, 0.1) is 14.1 Å². The summed E-state index contributed by atoms with van der Waals surface area (Å²) in [4.78, 5) is 17.3. The maximum Gasteiger partial charge on any atom is 0.416 e. The first-order valence-electron chi connectivity index (χ1n) is 7.19. The number of benzene rings is 2. The van der Waals surface area contributed by atoms with E-state index in [1.165, 1.54) is 10.6 Å². The van der Waals surface area contributed by atoms with Crippen molar-refractivity contribution < 1.29 is 13.2 Å². The zero-order valence-electron chi connectivity index (χ0n) is 12.9. The van der Waals surface area contributed by atoms with Gasteiger partial charge in [-0.15, -0.1) is 0 Å². The van der Waals surface area contributed by atoms with E-state index >= 15 is 0 Å². The van der Waals surface area contributed by atoms with Crippen molar-refractivity contribution in [1.82, 2.24) is 9.55 Å². The lowest BCUT2D eigenvalue weighted by Gasteiger charge is -2.13. The van der Waals surface area contributed by atoms with E-state index in [9.17, 15) is 18.0 Å². The van der Waals surface area contributed by atoms with E-state index in [1.807, 2.05) is 6.07 Å². The Morgan fingerprint density at radius 3 is 2.56 bits per heavy atom. The second kappa shape index (κ2) is 6.86. The minimum Gasteiger partial charge on any atom is -0.292 e. The molecule has 0 unspecified atom stereocenters. The van der Waals surface area contributed by atoms with E-state index in [-0.39, 0.29) is 12.1 Å². The van der Waals surface area contributed by atoms with Gasteiger partial charge in [0.2, 0.25) is 0 Å². The molecule has 1 heterocycles. The number of hydrogen-bond donors (Lipinski definition) is 0. The molecule has 8 heteroatoms. The summed E-state index contributed by atoms with van der Waals surface area (Å²) in [5.41, 5.74) is 0.0372. The smallest absolute Gasteiger partial charge is 0.292 e. The Morgan fingerprint density at radius 2 is 1.88 bits per heavy atom. The molecule has 25 heavy (non-hydrogen) atoms. The second-order valence-corrected chi connectivity index (χ2v) is 7.94. The average molecular weight is 570 g/mol. The van der Waals surface area contributed by atoms with Crippen molar-refractivity contribution >= 4 is 56.1 Å². The summed E-state index contributed by atoms with van der Waals surface area (Å²) in [7, 11) is 0. The summed E-state index contributed by atoms with van der Waals surface area (Å²) < 4.78 is 41.8. The number of aromatic nitrogens is 2. The standard InChI is InChI=1S/C17H11F3I2N2O/c1-9-23-15-13(6-12(21)7-14(15)22)16(25)24(9)8-10-3-2-4-11(5-10)17(18,19)20/h2-7H,8H2,1H3. The van der Waals surface area contributed by atoms with Crippen molar-refractivity contribution in [3.05, 3.63) is 70.8 Å². The topological polar surface area (TPSA) is 34.9 Å². The van der Waals surface area contributed by atoms with Crippen LogP contribution in [0.2, 0.25) is 0 Å². The Morgan fingerprint density at radius 1 is 1.16 bits per heavy atom. The Balaban J connectivity index is 2.13. The lowest BCUT2D eigenvalue weighted by molar-refractivity contribution is -0.137. The highest BCUT2D eigenvalue weighted by Gasteiger charge is 2.30. The molecule has 0 saturated carbocycles. The molecule has 0 fully saturated rings. The summed E-state index contributed by atoms with van der Waals surface area (Å²) in [6.07, 6.45) is -4.41. The number of halogens is 5. The fourth-order valence-electron chi connectivity index (χ4n) is 2.57. The summed E-state index contributed by atoms with van der Waals surface area (Å²) in [6.45, 7) is 1.72. The lowest BCUT2D eigenvalue weighted by Crippen LogP contribution is -2.25. The van der Waals surface area contributed by atoms with Crippen LogP contribution in [-0.2, 0) is 12.7 Å². The third-order valence-corrected chi connectivity index (χ3v) is 5.21. The molecule has 130 valence electrons. The largest absolute Gasteiger partial charge is 0.416 e. The molecule has 3 nitrogen and oxygen atoms in total. The van der Waals surface area contributed by atoms with Gasteiger partial charge in [-0.25, -0.2) is 4.98 Å². The van der Waals surface area contributed by atoms with Crippen LogP contribution in [0.3, 0.4) is 0 Å². The van der Waals surface area contributed by atoms with E-state index in [1.54, 1.807) is 19.1 Å². The van der Waals surface area contributed by atoms with Gasteiger partial charge in [0.05, 0.1) is 23.0 Å². The fraction of sp³-hybridized carbons (Fsp3) is 0.176. The maximum absolute atomic E-state index is 12.9. The van der Waals surface area contributed by atoms with Crippen LogP contribution in [0.15, 0.2) is 41.2 Å². The number of alkyl halides is 3. The number of nitrogens with zero attached hydrogens (tertiary/aromatic N) is 2. The monoisotopic (exact) mass is 570 g/mol. The molecule has 0 amide bonds. The van der Waals surface area contributed by atoms with Crippen LogP contribution in [0.5, 0.6) is 0 Å². The first-order valence-corrected chi connectivity index (χ1v) is 9.35. The molecule has 3 aromatic rings. The van der Waals surface area contributed by atoms with Crippen molar-refractivity contribution in [1.29, 1.82) is 0 Å². The Kier molecular flexibility index (Phi) is 5.11. The predicted molar refractivity (Wildman–Crippen MR) is 107 cm³/mol. The van der Waals surface area contributed by atoms with Gasteiger partial charge in [0.1, 0.15) is 5.82 Å². The van der Waals surface area contributed by atoms with Crippen molar-refractivity contribution in [3.8, 4) is 0 Å². The molecule has 0 atom stereocenters. The van der Waals surface area contributed by atoms with Gasteiger partial charge in [0.25, 0.3) is 5.56 Å². The van der Waals surface area contributed by atoms with Gasteiger partial charge in [-0.1, -0.05) is 12.1 Å². The number of fused-ring (bicyclic) bond motifs is 1. The molecule has 0 bridgehead atoms. The van der Waals surface area contributed by atoms with Crippen LogP contribution in [0.1, 0.15) is 17.0 Å². The van der Waals surface area contributed by atoms with Gasteiger partial charge < -0.3 is 0 Å². The highest BCUT2D eigenvalue weighted by molar-refractivity contribution is 14.1. The molecule has 3 rings (SSSR count). The molecular formula is C17H11F3I2N2O. The quantitative estimate of drug-likeness (QED) is 0.408. The van der Waals surface area contributed by atoms with E-state index in [0.29, 0.717) is 22.3 Å². The minimum absolute atomic E-state index is 0.0412. The van der Waals surface area contributed by atoms with Crippen LogP contribution in [0.25, 0.3) is 10.9 Å². The van der Waals surface area contributed by atoms with Crippen LogP contribution >= 0.6 is 45.2 Å². The molecule has 0 N–H and O–H groups in total. The fourth-order valence-corrected chi connectivity index (χ4v) is 4.54. The van der Waals surface area contributed by atoms with Crippen LogP contribution in [-0.4, -0.2) is 9.55 Å². The van der Waals surface area contributed by atoms with Crippen molar-refractivity contribution in [2.75, 3.05) is 0 Å². The van der Waals surface area contributed by atoms with Gasteiger partial charge in [-0.05, 0) is 81.9 Å². The molecular weight excluding hydrogens is 559 g/mol. The zero-order chi connectivity index (χ0) is 18.4. The molecule has 0 radical (unpaired) electrons. The van der Waals surface area contributed by atoms with Crippen molar-refractivity contribution in [2.24, 2.45) is 0 Å². The van der Waals surface area contributed by atoms with Crippen LogP contribution < -0.4 is 5.56 Å². The SMILES string of the molecule is Cc1nc2c(I)cc(I)cc2c(=O)n1Cc1cccc(C(F)(F)F)c1. The minimum atomic E-state index is -4.41. The highest BCUT2D eigenvalue weighted by Crippen LogP contribution is 2.29. The van der Waals surface area contributed by atoms with E-state index < -0.39 is 11.7 Å². The Labute approximate surface area is 168 Å². The third-order valence-electron chi connectivity index (χ3n) is 3.76. The molecule has 1 aromatic heterocycles. The molecule has 0 spiro atoms. The molecule has 0 aliphatic rings. The summed E-state index contributed by atoms with van der Waals surface area (Å²) in [5, 5.41) is 0.467. The second-order valence-electron chi connectivity index (χ2n) is 5.53. The number of hydrogen-bond acceptors (Lipinski definition) is 2. The zero-order valence-corrected chi connectivity index (χ0v) is 17.2. The number of rotatable bonds is 2. The van der Waals surface area contributed by atoms with Crippen molar-refractivity contribution in [2.45, 2.75) is 19.6 Å². The lowest BCUT2D eigenvalue weighted by atomic mass is 10.1. The van der Waals surface area contributed by atoms with Gasteiger partial charge >= 0.3 is 6.18 Å². The molecule has 0 aliphatic carbocycles. The predicted octanol–water partition coefficient (Wildman–Crippen LogP) is 4.98. The summed E-state index contributed by atoms with van der Waals surface area (Å²) in [6, 6.07) is 8.67. The van der Waals surface area contributed by atoms with E-state index in [0.717, 1.165) is 19.3 Å². The Bertz CT molecular complexity index is 1030. The van der Waals surface area contributed by atoms with Gasteiger partial charge in [-0.2, -0.15) is 13.2 Å². The summed E-state index contributed by atoms with van der Waals surface area (Å²) >= 11 is 4.25. The maximum atomic E-state index is 12.9.